The van der Waals surface area contributed by atoms with Gasteiger partial charge in [-0.25, -0.2) is 9.36 Å². The van der Waals surface area contributed by atoms with E-state index < -0.39 is 58.2 Å². The number of aromatic nitrogens is 6. The van der Waals surface area contributed by atoms with Gasteiger partial charge in [0.2, 0.25) is 0 Å². The van der Waals surface area contributed by atoms with Crippen LogP contribution in [0.15, 0.2) is 143 Å². The number of nitriles is 2. The summed E-state index contributed by atoms with van der Waals surface area (Å²) in [6.07, 6.45) is -6.50. The number of halogens is 6. The van der Waals surface area contributed by atoms with Gasteiger partial charge in [-0.3, -0.25) is 37.9 Å². The molecule has 0 aliphatic carbocycles. The summed E-state index contributed by atoms with van der Waals surface area (Å²) in [6, 6.07) is 31.2. The highest BCUT2D eigenvalue weighted by Crippen LogP contribution is 2.34. The SMILES string of the molecule is Cc1c(-c2ccnn2-c2ccc(C#N)cc2)cc(C(=O)NCCOCCOCCNC(=O)C(=O)NCCOCCOCCNC(=O)c2cc(-c3ccnn3-c3ccc(C#N)cc3)c(C)n(-c3cccc(C(F)(F)F)c3)c2=O)c(=O)n1-c1cccc(C(F)(F)F)c1. The van der Waals surface area contributed by atoms with Crippen molar-refractivity contribution >= 4 is 23.6 Å². The second-order valence-corrected chi connectivity index (χ2v) is 19.5. The van der Waals surface area contributed by atoms with Gasteiger partial charge in [0.05, 0.1) is 122 Å². The summed E-state index contributed by atoms with van der Waals surface area (Å²) >= 11 is 0. The van der Waals surface area contributed by atoms with Gasteiger partial charge in [0.15, 0.2) is 0 Å². The molecule has 0 saturated carbocycles. The smallest absolute Gasteiger partial charge is 0.377 e. The largest absolute Gasteiger partial charge is 0.416 e. The maximum absolute atomic E-state index is 14.0. The van der Waals surface area contributed by atoms with Gasteiger partial charge in [0, 0.05) is 60.1 Å². The van der Waals surface area contributed by atoms with Crippen molar-refractivity contribution in [1.82, 2.24) is 50.0 Å². The Morgan fingerprint density at radius 1 is 0.467 bits per heavy atom. The summed E-state index contributed by atoms with van der Waals surface area (Å²) in [5.41, 5.74) is -1.08. The van der Waals surface area contributed by atoms with Crippen molar-refractivity contribution in [3.63, 3.8) is 0 Å². The van der Waals surface area contributed by atoms with E-state index in [1.54, 1.807) is 60.7 Å². The number of hydrogen-bond acceptors (Lipinski definition) is 14. The molecule has 0 bridgehead atoms. The fourth-order valence-corrected chi connectivity index (χ4v) is 9.24. The molecule has 0 unspecified atom stereocenters. The molecule has 0 aliphatic rings. The van der Waals surface area contributed by atoms with Gasteiger partial charge >= 0.3 is 24.2 Å². The van der Waals surface area contributed by atoms with Crippen LogP contribution in [0.25, 0.3) is 45.3 Å². The van der Waals surface area contributed by atoms with Crippen LogP contribution in [0, 0.1) is 36.5 Å². The van der Waals surface area contributed by atoms with Crippen LogP contribution >= 0.6 is 0 Å². The number of hydrogen-bond donors (Lipinski definition) is 4. The minimum atomic E-state index is -4.72. The van der Waals surface area contributed by atoms with E-state index in [1.807, 2.05) is 12.1 Å². The number of alkyl halides is 6. The van der Waals surface area contributed by atoms with Crippen molar-refractivity contribution in [2.45, 2.75) is 26.2 Å². The van der Waals surface area contributed by atoms with E-state index in [-0.39, 0.29) is 113 Å². The Morgan fingerprint density at radius 3 is 1.14 bits per heavy atom. The van der Waals surface area contributed by atoms with Crippen molar-refractivity contribution in [3.05, 3.63) is 199 Å². The highest BCUT2D eigenvalue weighted by molar-refractivity contribution is 6.35. The average molecular weight is 1240 g/mol. The zero-order valence-electron chi connectivity index (χ0n) is 48.1. The minimum absolute atomic E-state index is 0.00884. The Morgan fingerprint density at radius 2 is 0.811 bits per heavy atom. The standard InChI is InChI=1S/C62H56F6N12O10/c1-39-49(53-17-19-75-79(53)45-13-9-41(37-69)10-14-45)35-51(59(85)77(39)47-7-3-5-43(33-47)61(63,64)65)55(81)71-21-25-87-29-31-89-27-23-73-57(83)58(84)74-24-28-90-32-30-88-26-22-72-56(82)52-36-50(54-18-20-76-80(54)46-15-11-42(38-70)12-16-46)40(2)78(60(52)86)48-8-4-6-44(34-48)62(66,67)68/h3-20,33-36H,21-32H2,1-2H3,(H,71,81)(H,72,82)(H,73,83)(H,74,84). The second-order valence-electron chi connectivity index (χ2n) is 19.5. The fraction of sp³-hybridized carbons (Fsp3) is 0.258. The molecule has 0 saturated heterocycles. The molecule has 8 rings (SSSR count). The van der Waals surface area contributed by atoms with E-state index in [9.17, 15) is 65.6 Å². The van der Waals surface area contributed by atoms with E-state index in [0.29, 0.717) is 45.0 Å². The normalized spacial score (nSPS) is 11.4. The molecule has 0 radical (unpaired) electrons. The molecule has 466 valence electrons. The van der Waals surface area contributed by atoms with Gasteiger partial charge in [0.1, 0.15) is 11.1 Å². The molecule has 0 aliphatic heterocycles. The summed E-state index contributed by atoms with van der Waals surface area (Å²) < 4.78 is 110. The second kappa shape index (κ2) is 29.9. The predicted molar refractivity (Wildman–Crippen MR) is 312 cm³/mol. The highest BCUT2D eigenvalue weighted by atomic mass is 19.4. The zero-order valence-corrected chi connectivity index (χ0v) is 48.1. The van der Waals surface area contributed by atoms with Crippen LogP contribution in [0.2, 0.25) is 0 Å². The lowest BCUT2D eigenvalue weighted by Crippen LogP contribution is -2.42. The van der Waals surface area contributed by atoms with Crippen LogP contribution in [0.1, 0.15) is 54.4 Å². The number of ether oxygens (including phenoxy) is 4. The van der Waals surface area contributed by atoms with Crippen LogP contribution in [-0.4, -0.2) is 131 Å². The molecule has 0 atom stereocenters. The van der Waals surface area contributed by atoms with Crippen LogP contribution < -0.4 is 32.4 Å². The van der Waals surface area contributed by atoms with E-state index in [2.05, 4.69) is 31.5 Å². The first-order valence-corrected chi connectivity index (χ1v) is 27.6. The molecular weight excluding hydrogens is 1190 g/mol. The van der Waals surface area contributed by atoms with Gasteiger partial charge in [0.25, 0.3) is 22.9 Å². The van der Waals surface area contributed by atoms with E-state index >= 15 is 0 Å². The Bertz CT molecular complexity index is 3850. The third kappa shape index (κ3) is 16.2. The Kier molecular flexibility index (Phi) is 21.8. The molecule has 4 heterocycles. The summed E-state index contributed by atoms with van der Waals surface area (Å²) in [7, 11) is 0. The van der Waals surface area contributed by atoms with Crippen molar-refractivity contribution in [1.29, 1.82) is 10.5 Å². The average Bonchev–Trinajstić information content (AvgIpc) is 1.18. The predicted octanol–water partition coefficient (Wildman–Crippen LogP) is 6.55. The van der Waals surface area contributed by atoms with E-state index in [1.165, 1.54) is 59.9 Å². The van der Waals surface area contributed by atoms with Gasteiger partial charge in [-0.15, -0.1) is 0 Å². The van der Waals surface area contributed by atoms with Gasteiger partial charge in [-0.05, 0) is 123 Å². The number of benzene rings is 4. The van der Waals surface area contributed by atoms with Gasteiger partial charge in [-0.1, -0.05) is 12.1 Å². The molecule has 0 spiro atoms. The maximum Gasteiger partial charge on any atom is 0.416 e. The molecule has 8 aromatic rings. The molecular formula is C62H56F6N12O10. The lowest BCUT2D eigenvalue weighted by molar-refractivity contribution is -0.139. The molecule has 4 aromatic heterocycles. The van der Waals surface area contributed by atoms with E-state index in [4.69, 9.17) is 18.9 Å². The molecule has 4 N–H and O–H groups in total. The van der Waals surface area contributed by atoms with Crippen molar-refractivity contribution < 1.29 is 64.5 Å². The van der Waals surface area contributed by atoms with Crippen LogP contribution in [0.4, 0.5) is 26.3 Å². The third-order valence-corrected chi connectivity index (χ3v) is 13.6. The molecule has 28 heteroatoms. The number of rotatable bonds is 26. The summed E-state index contributed by atoms with van der Waals surface area (Å²) in [5.74, 6) is -3.51. The Hall–Kier alpha value is -10.5. The van der Waals surface area contributed by atoms with Crippen LogP contribution in [0.5, 0.6) is 0 Å². The van der Waals surface area contributed by atoms with Crippen molar-refractivity contribution in [2.75, 3.05) is 79.0 Å². The molecule has 4 amide bonds. The number of carbonyl (C=O) groups is 4. The highest BCUT2D eigenvalue weighted by Gasteiger charge is 2.33. The first kappa shape index (κ1) is 65.5. The minimum Gasteiger partial charge on any atom is -0.377 e. The Balaban J connectivity index is 0.724. The van der Waals surface area contributed by atoms with Crippen LogP contribution in [-0.2, 0) is 40.9 Å². The van der Waals surface area contributed by atoms with Gasteiger partial charge in [-0.2, -0.15) is 47.1 Å². The van der Waals surface area contributed by atoms with Crippen molar-refractivity contribution in [3.8, 4) is 57.4 Å². The third-order valence-electron chi connectivity index (χ3n) is 13.6. The van der Waals surface area contributed by atoms with E-state index in [0.717, 1.165) is 45.5 Å². The lowest BCUT2D eigenvalue weighted by atomic mass is 10.0. The first-order chi connectivity index (χ1) is 43.2. The maximum atomic E-state index is 14.0. The molecule has 22 nitrogen and oxygen atoms in total. The lowest BCUT2D eigenvalue weighted by Gasteiger charge is -2.19. The first-order valence-electron chi connectivity index (χ1n) is 27.6. The fourth-order valence-electron chi connectivity index (χ4n) is 9.24. The molecule has 4 aromatic carbocycles. The Labute approximate surface area is 508 Å². The van der Waals surface area contributed by atoms with Crippen LogP contribution in [0.3, 0.4) is 0 Å². The number of carbonyl (C=O) groups excluding carboxylic acids is 4. The summed E-state index contributed by atoms with van der Waals surface area (Å²) in [4.78, 5) is 79.8. The summed E-state index contributed by atoms with van der Waals surface area (Å²) in [5, 5.41) is 37.3. The number of amides is 4. The summed E-state index contributed by atoms with van der Waals surface area (Å²) in [6.45, 7) is 3.04. The monoisotopic (exact) mass is 1240 g/mol. The van der Waals surface area contributed by atoms with Gasteiger partial charge < -0.3 is 40.2 Å². The number of nitrogens with one attached hydrogen (secondary N) is 4. The number of pyridine rings is 2. The molecule has 0 fully saturated rings. The van der Waals surface area contributed by atoms with Crippen molar-refractivity contribution in [2.24, 2.45) is 0 Å². The topological polar surface area (TPSA) is 281 Å². The number of nitrogens with zero attached hydrogens (tertiary/aromatic N) is 8. The zero-order chi connectivity index (χ0) is 64.5. The quantitative estimate of drug-likeness (QED) is 0.0254. The molecule has 90 heavy (non-hydrogen) atoms.